The molecule has 3 fully saturated rings. The first-order valence-electron chi connectivity index (χ1n) is 8.31. The molecule has 3 nitrogen and oxygen atoms in total. The molecule has 4 unspecified atom stereocenters. The van der Waals surface area contributed by atoms with Crippen LogP contribution in [0.5, 0.6) is 0 Å². The summed E-state index contributed by atoms with van der Waals surface area (Å²) in [5, 5.41) is 0. The number of rotatable bonds is 2. The second-order valence-electron chi connectivity index (χ2n) is 6.88. The summed E-state index contributed by atoms with van der Waals surface area (Å²) in [6.07, 6.45) is 2.02. The Morgan fingerprint density at radius 2 is 1.39 bits per heavy atom. The van der Waals surface area contributed by atoms with Crippen molar-refractivity contribution >= 4 is 5.97 Å². The maximum Gasteiger partial charge on any atom is 0.348 e. The van der Waals surface area contributed by atoms with Gasteiger partial charge in [-0.3, -0.25) is 4.89 Å². The normalized spacial score (nSPS) is 33.5. The van der Waals surface area contributed by atoms with Gasteiger partial charge in [0.25, 0.3) is 0 Å². The van der Waals surface area contributed by atoms with Crippen LogP contribution < -0.4 is 0 Å². The third-order valence-electron chi connectivity index (χ3n) is 6.16. The summed E-state index contributed by atoms with van der Waals surface area (Å²) >= 11 is 0. The van der Waals surface area contributed by atoms with Gasteiger partial charge in [-0.25, -0.2) is 4.79 Å². The van der Waals surface area contributed by atoms with E-state index in [0.717, 1.165) is 12.8 Å². The van der Waals surface area contributed by atoms with E-state index in [2.05, 4.69) is 48.5 Å². The summed E-state index contributed by atoms with van der Waals surface area (Å²) in [7, 11) is 0. The predicted molar refractivity (Wildman–Crippen MR) is 84.3 cm³/mol. The van der Waals surface area contributed by atoms with Gasteiger partial charge in [0, 0.05) is 11.3 Å². The highest BCUT2D eigenvalue weighted by Crippen LogP contribution is 2.66. The quantitative estimate of drug-likeness (QED) is 0.797. The molecule has 0 amide bonds. The Hall–Kier alpha value is -2.13. The van der Waals surface area contributed by atoms with E-state index in [9.17, 15) is 4.79 Å². The summed E-state index contributed by atoms with van der Waals surface area (Å²) in [5.41, 5.74) is 2.45. The number of benzene rings is 2. The molecule has 1 aliphatic heterocycles. The van der Waals surface area contributed by atoms with Gasteiger partial charge in [0.05, 0.1) is 5.92 Å². The van der Waals surface area contributed by atoms with Gasteiger partial charge in [-0.1, -0.05) is 60.7 Å². The van der Waals surface area contributed by atoms with Gasteiger partial charge in [-0.2, -0.15) is 4.89 Å². The zero-order valence-corrected chi connectivity index (χ0v) is 12.7. The first kappa shape index (κ1) is 13.3. The fourth-order valence-electron chi connectivity index (χ4n) is 5.49. The van der Waals surface area contributed by atoms with Crippen molar-refractivity contribution in [2.75, 3.05) is 0 Å². The summed E-state index contributed by atoms with van der Waals surface area (Å²) in [4.78, 5) is 22.6. The maximum absolute atomic E-state index is 12.2. The van der Waals surface area contributed by atoms with E-state index < -0.39 is 0 Å². The van der Waals surface area contributed by atoms with E-state index in [1.165, 1.54) is 11.1 Å². The Bertz CT molecular complexity index is 700. The molecule has 0 aromatic heterocycles. The van der Waals surface area contributed by atoms with E-state index in [4.69, 9.17) is 9.78 Å². The van der Waals surface area contributed by atoms with Crippen LogP contribution in [-0.2, 0) is 20.0 Å². The van der Waals surface area contributed by atoms with Gasteiger partial charge in [-0.05, 0) is 29.9 Å². The van der Waals surface area contributed by atoms with Crippen LogP contribution in [0, 0.1) is 17.8 Å². The van der Waals surface area contributed by atoms with Gasteiger partial charge in [0.15, 0.2) is 0 Å². The van der Waals surface area contributed by atoms with Crippen LogP contribution in [-0.4, -0.2) is 12.1 Å². The minimum absolute atomic E-state index is 0.110. The Labute approximate surface area is 135 Å². The standard InChI is InChI=1S/C20H18O3/c21-19-17-15-11-12-16(18(17)22-23-19)20(15,13-7-3-1-4-8-13)14-9-5-2-6-10-14/h1-10,15-18H,11-12H2. The second kappa shape index (κ2) is 4.68. The maximum atomic E-state index is 12.2. The first-order chi connectivity index (χ1) is 11.3. The Morgan fingerprint density at radius 1 is 0.826 bits per heavy atom. The zero-order chi connectivity index (χ0) is 15.4. The van der Waals surface area contributed by atoms with Crippen molar-refractivity contribution in [3.8, 4) is 0 Å². The Balaban J connectivity index is 1.76. The minimum atomic E-state index is -0.182. The average molecular weight is 306 g/mol. The lowest BCUT2D eigenvalue weighted by molar-refractivity contribution is -0.270. The molecule has 1 saturated heterocycles. The zero-order valence-electron chi connectivity index (χ0n) is 12.7. The lowest BCUT2D eigenvalue weighted by Gasteiger charge is -2.37. The van der Waals surface area contributed by atoms with Gasteiger partial charge in [0.1, 0.15) is 6.10 Å². The largest absolute Gasteiger partial charge is 0.348 e. The number of hydrogen-bond donors (Lipinski definition) is 0. The molecule has 2 saturated carbocycles. The molecule has 23 heavy (non-hydrogen) atoms. The Morgan fingerprint density at radius 3 is 1.96 bits per heavy atom. The molecule has 3 heteroatoms. The van der Waals surface area contributed by atoms with Gasteiger partial charge < -0.3 is 0 Å². The molecule has 0 spiro atoms. The molecule has 2 aromatic rings. The van der Waals surface area contributed by atoms with Crippen LogP contribution in [0.3, 0.4) is 0 Å². The van der Waals surface area contributed by atoms with Crippen LogP contribution >= 0.6 is 0 Å². The van der Waals surface area contributed by atoms with E-state index in [1.54, 1.807) is 0 Å². The second-order valence-corrected chi connectivity index (χ2v) is 6.88. The van der Waals surface area contributed by atoms with Gasteiger partial charge in [-0.15, -0.1) is 0 Å². The Kier molecular flexibility index (Phi) is 2.71. The van der Waals surface area contributed by atoms with Crippen molar-refractivity contribution in [2.24, 2.45) is 17.8 Å². The highest BCUT2D eigenvalue weighted by atomic mass is 17.2. The molecule has 0 N–H and O–H groups in total. The third kappa shape index (κ3) is 1.56. The molecule has 1 heterocycles. The van der Waals surface area contributed by atoms with Crippen molar-refractivity contribution < 1.29 is 14.6 Å². The molecule has 2 bridgehead atoms. The van der Waals surface area contributed by atoms with Gasteiger partial charge >= 0.3 is 5.97 Å². The van der Waals surface area contributed by atoms with Crippen molar-refractivity contribution in [1.29, 1.82) is 0 Å². The number of hydrogen-bond acceptors (Lipinski definition) is 3. The average Bonchev–Trinajstić information content (AvgIpc) is 3.26. The number of carbonyl (C=O) groups is 1. The molecule has 5 rings (SSSR count). The summed E-state index contributed by atoms with van der Waals surface area (Å²) in [6.45, 7) is 0. The van der Waals surface area contributed by atoms with Crippen molar-refractivity contribution in [3.05, 3.63) is 71.8 Å². The van der Waals surface area contributed by atoms with Crippen molar-refractivity contribution in [1.82, 2.24) is 0 Å². The molecule has 116 valence electrons. The topological polar surface area (TPSA) is 35.5 Å². The minimum Gasteiger partial charge on any atom is -0.298 e. The van der Waals surface area contributed by atoms with Crippen LogP contribution in [0.15, 0.2) is 60.7 Å². The highest BCUT2D eigenvalue weighted by molar-refractivity contribution is 5.76. The molecule has 0 radical (unpaired) electrons. The number of carbonyl (C=O) groups excluding carboxylic acids is 1. The monoisotopic (exact) mass is 306 g/mol. The van der Waals surface area contributed by atoms with E-state index in [-0.39, 0.29) is 35.2 Å². The smallest absolute Gasteiger partial charge is 0.298 e. The summed E-state index contributed by atoms with van der Waals surface area (Å²) in [5.74, 6) is 0.221. The highest BCUT2D eigenvalue weighted by Gasteiger charge is 2.70. The van der Waals surface area contributed by atoms with E-state index in [0.29, 0.717) is 0 Å². The molecule has 4 atom stereocenters. The lowest BCUT2D eigenvalue weighted by Crippen LogP contribution is -2.36. The van der Waals surface area contributed by atoms with Crippen LogP contribution in [0.25, 0.3) is 0 Å². The third-order valence-corrected chi connectivity index (χ3v) is 6.16. The first-order valence-corrected chi connectivity index (χ1v) is 8.31. The molecular weight excluding hydrogens is 288 g/mol. The van der Waals surface area contributed by atoms with Crippen LogP contribution in [0.4, 0.5) is 0 Å². The van der Waals surface area contributed by atoms with Crippen molar-refractivity contribution in [3.63, 3.8) is 0 Å². The van der Waals surface area contributed by atoms with Crippen molar-refractivity contribution in [2.45, 2.75) is 24.4 Å². The predicted octanol–water partition coefficient (Wildman–Crippen LogP) is 3.49. The fourth-order valence-corrected chi connectivity index (χ4v) is 5.49. The molecule has 3 aliphatic rings. The van der Waals surface area contributed by atoms with Gasteiger partial charge in [0.2, 0.25) is 0 Å². The van der Waals surface area contributed by atoms with E-state index >= 15 is 0 Å². The molecule has 2 aromatic carbocycles. The summed E-state index contributed by atoms with van der Waals surface area (Å²) in [6, 6.07) is 21.2. The SMILES string of the molecule is O=C1OOC2C1C1CCC2C1(c1ccccc1)c1ccccc1. The fraction of sp³-hybridized carbons (Fsp3) is 0.350. The number of fused-ring (bicyclic) bond motifs is 5. The lowest BCUT2D eigenvalue weighted by atomic mass is 9.66. The molecular formula is C20H18O3. The molecule has 2 aliphatic carbocycles. The van der Waals surface area contributed by atoms with Crippen LogP contribution in [0.1, 0.15) is 24.0 Å². The van der Waals surface area contributed by atoms with E-state index in [1.807, 2.05) is 12.1 Å². The summed E-state index contributed by atoms with van der Waals surface area (Å²) < 4.78 is 0. The van der Waals surface area contributed by atoms with Crippen LogP contribution in [0.2, 0.25) is 0 Å².